The Morgan fingerprint density at radius 3 is 2.83 bits per heavy atom. The number of nitrogens with two attached hydrogens (primary N) is 1. The van der Waals surface area contributed by atoms with Gasteiger partial charge in [0.2, 0.25) is 0 Å². The van der Waals surface area contributed by atoms with E-state index in [-0.39, 0.29) is 0 Å². The van der Waals surface area contributed by atoms with Crippen molar-refractivity contribution in [3.63, 3.8) is 0 Å². The molecule has 4 heteroatoms. The van der Waals surface area contributed by atoms with Gasteiger partial charge in [-0.15, -0.1) is 0 Å². The zero-order chi connectivity index (χ0) is 13.6. The van der Waals surface area contributed by atoms with Crippen LogP contribution in [0.15, 0.2) is 18.3 Å². The van der Waals surface area contributed by atoms with Crippen molar-refractivity contribution in [2.75, 3.05) is 18.8 Å². The first kappa shape index (κ1) is 14.9. The maximum absolute atomic E-state index is 10.3. The van der Waals surface area contributed by atoms with Gasteiger partial charge in [-0.1, -0.05) is 13.8 Å². The van der Waals surface area contributed by atoms with E-state index in [1.807, 2.05) is 19.1 Å². The number of aliphatic hydroxyl groups is 1. The molecule has 4 N–H and O–H groups in total. The van der Waals surface area contributed by atoms with Crippen LogP contribution in [0.1, 0.15) is 32.8 Å². The van der Waals surface area contributed by atoms with Gasteiger partial charge in [0.15, 0.2) is 0 Å². The minimum absolute atomic E-state index is 0.501. The van der Waals surface area contributed by atoms with E-state index in [1.54, 1.807) is 6.20 Å². The van der Waals surface area contributed by atoms with E-state index in [2.05, 4.69) is 24.1 Å². The first-order valence-electron chi connectivity index (χ1n) is 6.52. The van der Waals surface area contributed by atoms with Gasteiger partial charge in [-0.25, -0.2) is 4.98 Å². The smallest absolute Gasteiger partial charge is 0.123 e. The molecular weight excluding hydrogens is 226 g/mol. The maximum Gasteiger partial charge on any atom is 0.123 e. The van der Waals surface area contributed by atoms with Crippen LogP contribution >= 0.6 is 0 Å². The van der Waals surface area contributed by atoms with Gasteiger partial charge in [-0.05, 0) is 50.0 Å². The van der Waals surface area contributed by atoms with Crippen molar-refractivity contribution in [1.82, 2.24) is 10.3 Å². The summed E-state index contributed by atoms with van der Waals surface area (Å²) in [6.45, 7) is 8.01. The van der Waals surface area contributed by atoms with E-state index in [9.17, 15) is 5.11 Å². The predicted octanol–water partition coefficient (Wildman–Crippen LogP) is 1.59. The number of anilines is 1. The molecule has 0 radical (unpaired) electrons. The second-order valence-electron chi connectivity index (χ2n) is 5.61. The first-order valence-corrected chi connectivity index (χ1v) is 6.52. The average Bonchev–Trinajstić information content (AvgIpc) is 2.23. The van der Waals surface area contributed by atoms with Crippen molar-refractivity contribution in [3.8, 4) is 0 Å². The van der Waals surface area contributed by atoms with Crippen molar-refractivity contribution >= 4 is 5.82 Å². The van der Waals surface area contributed by atoms with E-state index in [0.717, 1.165) is 25.1 Å². The molecule has 0 aliphatic rings. The molecule has 0 saturated carbocycles. The lowest BCUT2D eigenvalue weighted by Crippen LogP contribution is -2.33. The highest BCUT2D eigenvalue weighted by Gasteiger charge is 2.20. The number of pyridine rings is 1. The Kier molecular flexibility index (Phi) is 5.56. The zero-order valence-corrected chi connectivity index (χ0v) is 11.6. The van der Waals surface area contributed by atoms with Crippen LogP contribution in [0.4, 0.5) is 5.82 Å². The van der Waals surface area contributed by atoms with Gasteiger partial charge in [0.25, 0.3) is 0 Å². The highest BCUT2D eigenvalue weighted by Crippen LogP contribution is 2.17. The summed E-state index contributed by atoms with van der Waals surface area (Å²) >= 11 is 0. The molecule has 0 aliphatic heterocycles. The van der Waals surface area contributed by atoms with Crippen LogP contribution in [-0.4, -0.2) is 28.8 Å². The third-order valence-corrected chi connectivity index (χ3v) is 2.82. The number of hydrogen-bond acceptors (Lipinski definition) is 4. The largest absolute Gasteiger partial charge is 0.390 e. The Hall–Kier alpha value is -1.13. The molecule has 18 heavy (non-hydrogen) atoms. The molecule has 1 aromatic rings. The van der Waals surface area contributed by atoms with Crippen molar-refractivity contribution < 1.29 is 5.11 Å². The van der Waals surface area contributed by atoms with E-state index in [0.29, 0.717) is 18.2 Å². The lowest BCUT2D eigenvalue weighted by atomic mass is 9.93. The molecule has 0 amide bonds. The summed E-state index contributed by atoms with van der Waals surface area (Å²) < 4.78 is 0. The topological polar surface area (TPSA) is 71.2 Å². The fraction of sp³-hybridized carbons (Fsp3) is 0.643. The van der Waals surface area contributed by atoms with Gasteiger partial charge in [0.05, 0.1) is 5.60 Å². The van der Waals surface area contributed by atoms with Crippen LogP contribution in [0.25, 0.3) is 0 Å². The standard InChI is InChI=1S/C14H25N3O/c1-11(2)10-16-7-5-14(3,18)9-12-4-6-17-13(15)8-12/h4,6,8,11,16,18H,5,7,9-10H2,1-3H3,(H2,15,17). The maximum atomic E-state index is 10.3. The van der Waals surface area contributed by atoms with E-state index in [4.69, 9.17) is 5.73 Å². The lowest BCUT2D eigenvalue weighted by molar-refractivity contribution is 0.0514. The summed E-state index contributed by atoms with van der Waals surface area (Å²) in [6, 6.07) is 3.71. The molecule has 1 rings (SSSR count). The summed E-state index contributed by atoms with van der Waals surface area (Å²) in [5.41, 5.74) is 5.94. The highest BCUT2D eigenvalue weighted by atomic mass is 16.3. The molecule has 1 atom stereocenters. The lowest BCUT2D eigenvalue weighted by Gasteiger charge is -2.24. The van der Waals surface area contributed by atoms with Gasteiger partial charge < -0.3 is 16.2 Å². The average molecular weight is 251 g/mol. The second-order valence-corrected chi connectivity index (χ2v) is 5.61. The number of nitrogens with one attached hydrogen (secondary N) is 1. The Balaban J connectivity index is 2.39. The number of hydrogen-bond donors (Lipinski definition) is 3. The van der Waals surface area contributed by atoms with Crippen LogP contribution in [0.3, 0.4) is 0 Å². The Morgan fingerprint density at radius 2 is 2.22 bits per heavy atom. The Bertz CT molecular complexity index is 364. The summed E-state index contributed by atoms with van der Waals surface area (Å²) in [5.74, 6) is 1.14. The molecule has 1 unspecified atom stereocenters. The number of nitrogen functional groups attached to an aromatic ring is 1. The fourth-order valence-electron chi connectivity index (χ4n) is 1.88. The van der Waals surface area contributed by atoms with Gasteiger partial charge in [-0.3, -0.25) is 0 Å². The van der Waals surface area contributed by atoms with Crippen molar-refractivity contribution in [2.45, 2.75) is 39.2 Å². The number of rotatable bonds is 7. The normalized spacial score (nSPS) is 14.7. The molecule has 1 aromatic heterocycles. The van der Waals surface area contributed by atoms with Gasteiger partial charge in [0.1, 0.15) is 5.82 Å². The Labute approximate surface area is 110 Å². The first-order chi connectivity index (χ1) is 8.39. The van der Waals surface area contributed by atoms with Crippen molar-refractivity contribution in [1.29, 1.82) is 0 Å². The molecule has 0 bridgehead atoms. The van der Waals surface area contributed by atoms with E-state index >= 15 is 0 Å². The molecule has 0 fully saturated rings. The monoisotopic (exact) mass is 251 g/mol. The second kappa shape index (κ2) is 6.71. The minimum atomic E-state index is -0.711. The summed E-state index contributed by atoms with van der Waals surface area (Å²) in [7, 11) is 0. The molecule has 0 spiro atoms. The minimum Gasteiger partial charge on any atom is -0.390 e. The van der Waals surface area contributed by atoms with Crippen LogP contribution < -0.4 is 11.1 Å². The number of nitrogens with zero attached hydrogens (tertiary/aromatic N) is 1. The predicted molar refractivity (Wildman–Crippen MR) is 75.3 cm³/mol. The van der Waals surface area contributed by atoms with Crippen LogP contribution in [-0.2, 0) is 6.42 Å². The quantitative estimate of drug-likeness (QED) is 0.644. The van der Waals surface area contributed by atoms with Crippen LogP contribution in [0.5, 0.6) is 0 Å². The summed E-state index contributed by atoms with van der Waals surface area (Å²) in [6.07, 6.45) is 3.00. The molecule has 102 valence electrons. The van der Waals surface area contributed by atoms with Crippen molar-refractivity contribution in [2.24, 2.45) is 5.92 Å². The molecule has 0 aliphatic carbocycles. The third-order valence-electron chi connectivity index (χ3n) is 2.82. The zero-order valence-electron chi connectivity index (χ0n) is 11.6. The highest BCUT2D eigenvalue weighted by molar-refractivity contribution is 5.32. The van der Waals surface area contributed by atoms with Gasteiger partial charge >= 0.3 is 0 Å². The summed E-state index contributed by atoms with van der Waals surface area (Å²) in [5, 5.41) is 13.7. The van der Waals surface area contributed by atoms with E-state index < -0.39 is 5.60 Å². The van der Waals surface area contributed by atoms with Crippen LogP contribution in [0.2, 0.25) is 0 Å². The van der Waals surface area contributed by atoms with E-state index in [1.165, 1.54) is 0 Å². The van der Waals surface area contributed by atoms with Crippen LogP contribution in [0, 0.1) is 5.92 Å². The van der Waals surface area contributed by atoms with Gasteiger partial charge in [-0.2, -0.15) is 0 Å². The van der Waals surface area contributed by atoms with Crippen molar-refractivity contribution in [3.05, 3.63) is 23.9 Å². The molecule has 1 heterocycles. The molecular formula is C14H25N3O. The number of aromatic nitrogens is 1. The molecule has 0 aromatic carbocycles. The fourth-order valence-corrected chi connectivity index (χ4v) is 1.88. The SMILES string of the molecule is CC(C)CNCCC(C)(O)Cc1ccnc(N)c1. The third kappa shape index (κ3) is 5.98. The molecule has 4 nitrogen and oxygen atoms in total. The molecule has 0 saturated heterocycles. The van der Waals surface area contributed by atoms with Gasteiger partial charge in [0, 0.05) is 12.6 Å². The summed E-state index contributed by atoms with van der Waals surface area (Å²) in [4.78, 5) is 3.95. The Morgan fingerprint density at radius 1 is 1.50 bits per heavy atom.